The molecule has 44 heavy (non-hydrogen) atoms. The molecule has 10 nitrogen and oxygen atoms in total. The van der Waals surface area contributed by atoms with Crippen LogP contribution in [0.4, 0.5) is 0 Å². The highest BCUT2D eigenvalue weighted by atomic mass is 16.4. The van der Waals surface area contributed by atoms with Crippen molar-refractivity contribution in [3.63, 3.8) is 0 Å². The number of hydrogen-bond donors (Lipinski definition) is 3. The molecule has 0 spiro atoms. The van der Waals surface area contributed by atoms with Crippen molar-refractivity contribution in [2.45, 2.75) is 168 Å². The minimum absolute atomic E-state index is 0.0300. The predicted molar refractivity (Wildman–Crippen MR) is 170 cm³/mol. The summed E-state index contributed by atoms with van der Waals surface area (Å²) >= 11 is 0. The van der Waals surface area contributed by atoms with Gasteiger partial charge < -0.3 is 25.1 Å². The molecule has 0 aliphatic heterocycles. The van der Waals surface area contributed by atoms with Gasteiger partial charge in [0.15, 0.2) is 0 Å². The summed E-state index contributed by atoms with van der Waals surface area (Å²) in [6.07, 6.45) is 16.7. The standard InChI is InChI=1S/C20H35NO5.C14H24O4/c1-17(22)11-5-4-10-16-21-19(24)14-9-8-13-18(23)12-6-2-3-7-15-20(25)26;1-12(15)8-6-7-10-13(16)9-4-2-3-5-11-14(17)18/h2-16H2,1H3,(H,21,24)(H,25,26);2-11H2,1H3,(H,17,18). The first-order valence-corrected chi connectivity index (χ1v) is 16.7. The summed E-state index contributed by atoms with van der Waals surface area (Å²) in [7, 11) is 0. The molecule has 0 rings (SSSR count). The van der Waals surface area contributed by atoms with Gasteiger partial charge in [-0.15, -0.1) is 0 Å². The molecule has 0 aromatic heterocycles. The van der Waals surface area contributed by atoms with Crippen LogP contribution in [0.25, 0.3) is 0 Å². The molecule has 1 amide bonds. The molecule has 0 unspecified atom stereocenters. The Labute approximate surface area is 264 Å². The van der Waals surface area contributed by atoms with Crippen molar-refractivity contribution in [1.82, 2.24) is 5.32 Å². The minimum Gasteiger partial charge on any atom is -0.481 e. The number of unbranched alkanes of at least 4 members (excludes halogenated alkanes) is 10. The van der Waals surface area contributed by atoms with E-state index in [4.69, 9.17) is 10.2 Å². The Hall–Kier alpha value is -2.91. The molecule has 0 heterocycles. The van der Waals surface area contributed by atoms with Gasteiger partial charge in [-0.3, -0.25) is 24.0 Å². The van der Waals surface area contributed by atoms with Crippen LogP contribution in [0, 0.1) is 0 Å². The number of carbonyl (C=O) groups excluding carboxylic acids is 5. The third-order valence-electron chi connectivity index (χ3n) is 7.06. The van der Waals surface area contributed by atoms with Crippen LogP contribution in [0.1, 0.15) is 168 Å². The lowest BCUT2D eigenvalue weighted by atomic mass is 10.0. The van der Waals surface area contributed by atoms with E-state index in [2.05, 4.69) is 5.32 Å². The van der Waals surface area contributed by atoms with Gasteiger partial charge >= 0.3 is 11.9 Å². The number of ketones is 4. The van der Waals surface area contributed by atoms with Gasteiger partial charge in [-0.05, 0) is 78.1 Å². The third-order valence-corrected chi connectivity index (χ3v) is 7.06. The van der Waals surface area contributed by atoms with E-state index in [0.29, 0.717) is 64.3 Å². The Kier molecular flexibility index (Phi) is 31.0. The van der Waals surface area contributed by atoms with Gasteiger partial charge in [0.05, 0.1) is 0 Å². The first kappa shape index (κ1) is 43.2. The predicted octanol–water partition coefficient (Wildman–Crippen LogP) is 6.94. The number of hydrogen-bond acceptors (Lipinski definition) is 7. The topological polar surface area (TPSA) is 172 Å². The molecule has 0 aliphatic rings. The molecule has 0 aliphatic carbocycles. The van der Waals surface area contributed by atoms with Crippen molar-refractivity contribution < 1.29 is 43.8 Å². The molecule has 0 saturated heterocycles. The zero-order valence-electron chi connectivity index (χ0n) is 27.4. The number of aliphatic carboxylic acids is 2. The van der Waals surface area contributed by atoms with Gasteiger partial charge in [0, 0.05) is 64.3 Å². The van der Waals surface area contributed by atoms with Crippen molar-refractivity contribution in [1.29, 1.82) is 0 Å². The van der Waals surface area contributed by atoms with Crippen molar-refractivity contribution in [3.05, 3.63) is 0 Å². The first-order chi connectivity index (χ1) is 20.9. The zero-order valence-corrected chi connectivity index (χ0v) is 27.4. The average molecular weight is 626 g/mol. The molecular formula is C34H59NO9. The second-order valence-electron chi connectivity index (χ2n) is 11.7. The summed E-state index contributed by atoms with van der Waals surface area (Å²) in [5, 5.41) is 19.8. The Bertz CT molecular complexity index is 799. The lowest BCUT2D eigenvalue weighted by molar-refractivity contribution is -0.138. The highest BCUT2D eigenvalue weighted by Gasteiger charge is 2.06. The van der Waals surface area contributed by atoms with Crippen molar-refractivity contribution >= 4 is 41.0 Å². The maximum absolute atomic E-state index is 11.7. The summed E-state index contributed by atoms with van der Waals surface area (Å²) in [6.45, 7) is 3.81. The molecule has 0 atom stereocenters. The third kappa shape index (κ3) is 39.1. The van der Waals surface area contributed by atoms with Gasteiger partial charge in [-0.25, -0.2) is 0 Å². The van der Waals surface area contributed by atoms with E-state index in [1.807, 2.05) is 0 Å². The number of Topliss-reactive ketones (excluding diaryl/α,β-unsaturated/α-hetero) is 4. The molecule has 0 bridgehead atoms. The summed E-state index contributed by atoms with van der Waals surface area (Å²) < 4.78 is 0. The van der Waals surface area contributed by atoms with Crippen LogP contribution >= 0.6 is 0 Å². The largest absolute Gasteiger partial charge is 0.481 e. The maximum Gasteiger partial charge on any atom is 0.303 e. The van der Waals surface area contributed by atoms with E-state index >= 15 is 0 Å². The molecule has 3 N–H and O–H groups in total. The van der Waals surface area contributed by atoms with E-state index in [9.17, 15) is 33.6 Å². The average Bonchev–Trinajstić information content (AvgIpc) is 2.94. The molecule has 0 fully saturated rings. The summed E-state index contributed by atoms with van der Waals surface area (Å²) in [4.78, 5) is 76.9. The first-order valence-electron chi connectivity index (χ1n) is 16.7. The van der Waals surface area contributed by atoms with Crippen LogP contribution in [-0.4, -0.2) is 57.7 Å². The fourth-order valence-corrected chi connectivity index (χ4v) is 4.45. The molecule has 0 aromatic rings. The van der Waals surface area contributed by atoms with E-state index < -0.39 is 11.9 Å². The van der Waals surface area contributed by atoms with Gasteiger partial charge in [-0.1, -0.05) is 32.1 Å². The van der Waals surface area contributed by atoms with Crippen LogP contribution < -0.4 is 5.32 Å². The number of rotatable bonds is 30. The fourth-order valence-electron chi connectivity index (χ4n) is 4.45. The van der Waals surface area contributed by atoms with E-state index in [0.717, 1.165) is 83.5 Å². The number of nitrogens with one attached hydrogen (secondary N) is 1. The van der Waals surface area contributed by atoms with Gasteiger partial charge in [0.2, 0.25) is 5.91 Å². The molecule has 10 heteroatoms. The summed E-state index contributed by atoms with van der Waals surface area (Å²) in [5.41, 5.74) is 0. The maximum atomic E-state index is 11.7. The molecular weight excluding hydrogens is 566 g/mol. The Morgan fingerprint density at radius 2 is 0.682 bits per heavy atom. The van der Waals surface area contributed by atoms with Crippen LogP contribution in [0.2, 0.25) is 0 Å². The second kappa shape index (κ2) is 31.5. The van der Waals surface area contributed by atoms with Gasteiger partial charge in [0.1, 0.15) is 23.1 Å². The molecule has 0 aromatic carbocycles. The van der Waals surface area contributed by atoms with Crippen LogP contribution in [0.5, 0.6) is 0 Å². The highest BCUT2D eigenvalue weighted by molar-refractivity contribution is 5.79. The van der Waals surface area contributed by atoms with Crippen LogP contribution in [0.3, 0.4) is 0 Å². The number of carboxylic acid groups (broad SMARTS) is 2. The lowest BCUT2D eigenvalue weighted by Gasteiger charge is -2.05. The van der Waals surface area contributed by atoms with E-state index in [-0.39, 0.29) is 41.9 Å². The molecule has 254 valence electrons. The van der Waals surface area contributed by atoms with Crippen molar-refractivity contribution in [2.75, 3.05) is 6.54 Å². The molecule has 0 saturated carbocycles. The van der Waals surface area contributed by atoms with Crippen LogP contribution in [-0.2, 0) is 33.6 Å². The monoisotopic (exact) mass is 625 g/mol. The Morgan fingerprint density at radius 3 is 1.07 bits per heavy atom. The van der Waals surface area contributed by atoms with Gasteiger partial charge in [-0.2, -0.15) is 0 Å². The van der Waals surface area contributed by atoms with Gasteiger partial charge in [0.25, 0.3) is 0 Å². The second-order valence-corrected chi connectivity index (χ2v) is 11.7. The van der Waals surface area contributed by atoms with Crippen molar-refractivity contribution in [3.8, 4) is 0 Å². The minimum atomic E-state index is -0.766. The molecule has 0 radical (unpaired) electrons. The van der Waals surface area contributed by atoms with Crippen LogP contribution in [0.15, 0.2) is 0 Å². The quantitative estimate of drug-likeness (QED) is 0.0715. The number of carbonyl (C=O) groups is 7. The Morgan fingerprint density at radius 1 is 0.386 bits per heavy atom. The van der Waals surface area contributed by atoms with Crippen molar-refractivity contribution in [2.24, 2.45) is 0 Å². The normalized spacial score (nSPS) is 10.4. The number of amides is 1. The SMILES string of the molecule is CC(=O)CCCCC(=O)CCCCCCC(=O)O.CC(=O)CCCCCNC(=O)CCCCC(=O)CCCCCCC(=O)O. The number of carboxylic acids is 2. The van der Waals surface area contributed by atoms with E-state index in [1.54, 1.807) is 13.8 Å². The lowest BCUT2D eigenvalue weighted by Crippen LogP contribution is -2.24. The van der Waals surface area contributed by atoms with E-state index in [1.165, 1.54) is 0 Å². The Balaban J connectivity index is 0. The smallest absolute Gasteiger partial charge is 0.303 e. The summed E-state index contributed by atoms with van der Waals surface area (Å²) in [6, 6.07) is 0. The zero-order chi connectivity index (χ0) is 33.4. The highest BCUT2D eigenvalue weighted by Crippen LogP contribution is 2.10. The summed E-state index contributed by atoms with van der Waals surface area (Å²) in [5.74, 6) is -0.606. The fraction of sp³-hybridized carbons (Fsp3) is 0.794.